The summed E-state index contributed by atoms with van der Waals surface area (Å²) in [6, 6.07) is 17.7. The first-order valence-electron chi connectivity index (χ1n) is 9.01. The maximum Gasteiger partial charge on any atom is 0.339 e. The van der Waals surface area contributed by atoms with Gasteiger partial charge in [0, 0.05) is 22.8 Å². The number of thioether (sulfide) groups is 1. The molecule has 4 rings (SSSR count). The first kappa shape index (κ1) is 19.4. The number of hydrogen-bond acceptors (Lipinski definition) is 6. The number of esters is 1. The van der Waals surface area contributed by atoms with Gasteiger partial charge in [-0.3, -0.25) is 9.59 Å². The molecule has 1 aliphatic rings. The van der Waals surface area contributed by atoms with Gasteiger partial charge < -0.3 is 9.64 Å². The van der Waals surface area contributed by atoms with E-state index in [0.29, 0.717) is 11.4 Å². The van der Waals surface area contributed by atoms with Crippen LogP contribution in [-0.4, -0.2) is 36.6 Å². The number of nitrogens with zero attached hydrogens (tertiary/aromatic N) is 1. The summed E-state index contributed by atoms with van der Waals surface area (Å²) in [6.45, 7) is 0.185. The lowest BCUT2D eigenvalue weighted by Gasteiger charge is -2.28. The summed E-state index contributed by atoms with van der Waals surface area (Å²) in [4.78, 5) is 41.2. The van der Waals surface area contributed by atoms with Crippen molar-refractivity contribution in [3.8, 4) is 0 Å². The van der Waals surface area contributed by atoms with E-state index in [0.717, 1.165) is 16.3 Å². The molecular formula is C22H17NO4S2. The largest absolute Gasteiger partial charge is 0.452 e. The van der Waals surface area contributed by atoms with Crippen molar-refractivity contribution in [2.75, 3.05) is 23.8 Å². The van der Waals surface area contributed by atoms with Crippen LogP contribution in [0.3, 0.4) is 0 Å². The summed E-state index contributed by atoms with van der Waals surface area (Å²) in [5, 5.41) is 1.81. The number of carbonyl (C=O) groups is 3. The molecule has 0 saturated heterocycles. The Bertz CT molecular complexity index is 1060. The first-order valence-corrected chi connectivity index (χ1v) is 10.9. The number of thiophene rings is 1. The van der Waals surface area contributed by atoms with Crippen LogP contribution in [0.15, 0.2) is 70.9 Å². The lowest BCUT2D eigenvalue weighted by Crippen LogP contribution is -2.38. The fraction of sp³-hybridized carbons (Fsp3) is 0.136. The van der Waals surface area contributed by atoms with E-state index in [4.69, 9.17) is 4.74 Å². The minimum absolute atomic E-state index is 0.160. The smallest absolute Gasteiger partial charge is 0.339 e. The Labute approximate surface area is 176 Å². The Morgan fingerprint density at radius 1 is 0.931 bits per heavy atom. The maximum absolute atomic E-state index is 12.7. The average Bonchev–Trinajstić information content (AvgIpc) is 3.31. The molecule has 0 saturated carbocycles. The summed E-state index contributed by atoms with van der Waals surface area (Å²) >= 11 is 3.01. The van der Waals surface area contributed by atoms with E-state index in [1.807, 2.05) is 29.6 Å². The second kappa shape index (κ2) is 8.63. The van der Waals surface area contributed by atoms with Crippen molar-refractivity contribution in [3.05, 3.63) is 82.0 Å². The van der Waals surface area contributed by atoms with Gasteiger partial charge in [0.05, 0.1) is 16.1 Å². The van der Waals surface area contributed by atoms with Crippen molar-refractivity contribution in [2.45, 2.75) is 4.90 Å². The number of rotatable bonds is 5. The number of fused-ring (bicyclic) bond motifs is 1. The van der Waals surface area contributed by atoms with Crippen molar-refractivity contribution in [1.82, 2.24) is 0 Å². The second-order valence-electron chi connectivity index (χ2n) is 6.29. The van der Waals surface area contributed by atoms with Crippen LogP contribution in [0.5, 0.6) is 0 Å². The number of anilines is 1. The fourth-order valence-corrected chi connectivity index (χ4v) is 4.78. The molecule has 7 heteroatoms. The van der Waals surface area contributed by atoms with Gasteiger partial charge in [-0.25, -0.2) is 4.79 Å². The van der Waals surface area contributed by atoms with Crippen LogP contribution in [0.2, 0.25) is 0 Å². The van der Waals surface area contributed by atoms with Crippen LogP contribution in [0, 0.1) is 0 Å². The summed E-state index contributed by atoms with van der Waals surface area (Å²) in [6.07, 6.45) is 0. The molecule has 29 heavy (non-hydrogen) atoms. The van der Waals surface area contributed by atoms with Gasteiger partial charge in [-0.2, -0.15) is 0 Å². The minimum atomic E-state index is -0.682. The van der Waals surface area contributed by atoms with Crippen molar-refractivity contribution in [1.29, 1.82) is 0 Å². The van der Waals surface area contributed by atoms with Crippen molar-refractivity contribution < 1.29 is 19.1 Å². The van der Waals surface area contributed by atoms with E-state index in [2.05, 4.69) is 0 Å². The zero-order chi connectivity index (χ0) is 20.2. The minimum Gasteiger partial charge on any atom is -0.452 e. The number of para-hydroxylation sites is 1. The van der Waals surface area contributed by atoms with Crippen LogP contribution >= 0.6 is 23.1 Å². The van der Waals surface area contributed by atoms with Gasteiger partial charge in [0.25, 0.3) is 5.91 Å². The van der Waals surface area contributed by atoms with Crippen molar-refractivity contribution in [3.63, 3.8) is 0 Å². The molecule has 0 atom stereocenters. The third-order valence-corrected chi connectivity index (χ3v) is 6.40. The summed E-state index contributed by atoms with van der Waals surface area (Å²) < 4.78 is 5.28. The lowest BCUT2D eigenvalue weighted by molar-refractivity contribution is -0.121. The standard InChI is InChI=1S/C22H17NO4S2/c24-20(23-11-13-29-18-9-4-3-8-17(18)23)14-27-22(26)16-7-2-1-6-15(16)21(25)19-10-5-12-28-19/h1-10,12H,11,13-14H2. The summed E-state index contributed by atoms with van der Waals surface area (Å²) in [7, 11) is 0. The second-order valence-corrected chi connectivity index (χ2v) is 8.37. The Morgan fingerprint density at radius 2 is 1.69 bits per heavy atom. The lowest BCUT2D eigenvalue weighted by atomic mass is 10.0. The molecule has 0 spiro atoms. The highest BCUT2D eigenvalue weighted by Crippen LogP contribution is 2.34. The molecule has 0 radical (unpaired) electrons. The molecule has 3 aromatic rings. The van der Waals surface area contributed by atoms with Gasteiger partial charge in [0.2, 0.25) is 5.78 Å². The SMILES string of the molecule is O=C(OCC(=O)N1CCSc2ccccc21)c1ccccc1C(=O)c1cccs1. The maximum atomic E-state index is 12.7. The van der Waals surface area contributed by atoms with Gasteiger partial charge in [0.1, 0.15) is 0 Å². The van der Waals surface area contributed by atoms with E-state index in [1.165, 1.54) is 11.3 Å². The molecule has 0 bridgehead atoms. The Balaban J connectivity index is 1.47. The molecular weight excluding hydrogens is 406 g/mol. The molecule has 1 aliphatic heterocycles. The van der Waals surface area contributed by atoms with Gasteiger partial charge >= 0.3 is 5.97 Å². The van der Waals surface area contributed by atoms with Crippen LogP contribution < -0.4 is 4.90 Å². The number of ketones is 1. The van der Waals surface area contributed by atoms with Crippen LogP contribution in [0.25, 0.3) is 0 Å². The number of carbonyl (C=O) groups excluding carboxylic acids is 3. The van der Waals surface area contributed by atoms with Crippen LogP contribution in [0.4, 0.5) is 5.69 Å². The first-order chi connectivity index (χ1) is 14.1. The van der Waals surface area contributed by atoms with Gasteiger partial charge in [-0.05, 0) is 29.6 Å². The molecule has 1 aromatic heterocycles. The van der Waals surface area contributed by atoms with E-state index in [9.17, 15) is 14.4 Å². The van der Waals surface area contributed by atoms with E-state index < -0.39 is 5.97 Å². The Hall–Kier alpha value is -2.90. The van der Waals surface area contributed by atoms with Gasteiger partial charge in [-0.15, -0.1) is 23.1 Å². The molecule has 0 fully saturated rings. The third-order valence-electron chi connectivity index (χ3n) is 4.49. The zero-order valence-electron chi connectivity index (χ0n) is 15.4. The highest BCUT2D eigenvalue weighted by molar-refractivity contribution is 7.99. The summed E-state index contributed by atoms with van der Waals surface area (Å²) in [5.41, 5.74) is 1.26. The van der Waals surface area contributed by atoms with Crippen LogP contribution in [0.1, 0.15) is 25.6 Å². The van der Waals surface area contributed by atoms with Gasteiger partial charge in [0.15, 0.2) is 6.61 Å². The third kappa shape index (κ3) is 4.11. The van der Waals surface area contributed by atoms with E-state index >= 15 is 0 Å². The van der Waals surface area contributed by atoms with Crippen molar-refractivity contribution in [2.24, 2.45) is 0 Å². The number of ether oxygens (including phenoxy) is 1. The highest BCUT2D eigenvalue weighted by atomic mass is 32.2. The molecule has 0 aliphatic carbocycles. The molecule has 0 N–H and O–H groups in total. The quantitative estimate of drug-likeness (QED) is 0.453. The molecule has 5 nitrogen and oxygen atoms in total. The predicted molar refractivity (Wildman–Crippen MR) is 114 cm³/mol. The Morgan fingerprint density at radius 3 is 2.48 bits per heavy atom. The normalized spacial score (nSPS) is 12.9. The number of amides is 1. The van der Waals surface area contributed by atoms with Crippen molar-refractivity contribution >= 4 is 46.4 Å². The zero-order valence-corrected chi connectivity index (χ0v) is 17.0. The molecule has 0 unspecified atom stereocenters. The Kier molecular flexibility index (Phi) is 5.78. The molecule has 1 amide bonds. The topological polar surface area (TPSA) is 63.7 Å². The van der Waals surface area contributed by atoms with Crippen LogP contribution in [-0.2, 0) is 9.53 Å². The molecule has 2 heterocycles. The molecule has 146 valence electrons. The summed E-state index contributed by atoms with van der Waals surface area (Å²) in [5.74, 6) is -0.415. The highest BCUT2D eigenvalue weighted by Gasteiger charge is 2.25. The van der Waals surface area contributed by atoms with E-state index in [1.54, 1.807) is 53.1 Å². The fourth-order valence-electron chi connectivity index (χ4n) is 3.11. The number of hydrogen-bond donors (Lipinski definition) is 0. The molecule has 2 aromatic carbocycles. The monoisotopic (exact) mass is 423 g/mol. The average molecular weight is 424 g/mol. The number of benzene rings is 2. The van der Waals surface area contributed by atoms with E-state index in [-0.39, 0.29) is 29.4 Å². The predicted octanol–water partition coefficient (Wildman–Crippen LogP) is 4.27. The van der Waals surface area contributed by atoms with Gasteiger partial charge in [-0.1, -0.05) is 36.4 Å².